The van der Waals surface area contributed by atoms with Crippen molar-refractivity contribution in [1.82, 2.24) is 9.55 Å². The second-order valence-electron chi connectivity index (χ2n) is 5.66. The Morgan fingerprint density at radius 1 is 1.50 bits per heavy atom. The number of hydrogen-bond acceptors (Lipinski definition) is 6. The van der Waals surface area contributed by atoms with Crippen LogP contribution in [0, 0.1) is 0 Å². The molecule has 0 unspecified atom stereocenters. The van der Waals surface area contributed by atoms with Crippen LogP contribution in [0.5, 0.6) is 0 Å². The van der Waals surface area contributed by atoms with Gasteiger partial charge in [0.1, 0.15) is 23.6 Å². The summed E-state index contributed by atoms with van der Waals surface area (Å²) in [5.41, 5.74) is -3.50. The van der Waals surface area contributed by atoms with Gasteiger partial charge in [-0.05, 0) is 6.92 Å². The molecule has 0 bridgehead atoms. The third kappa shape index (κ3) is 1.12. The molecule has 8 nitrogen and oxygen atoms in total. The molecule has 1 spiro atoms. The van der Waals surface area contributed by atoms with Crippen LogP contribution < -0.4 is 11.2 Å². The highest BCUT2D eigenvalue weighted by Gasteiger charge is 2.88. The zero-order valence-corrected chi connectivity index (χ0v) is 10.8. The summed E-state index contributed by atoms with van der Waals surface area (Å²) in [6.45, 7) is 1.68. The fraction of sp³-hybridized carbons (Fsp3) is 0.667. The van der Waals surface area contributed by atoms with E-state index in [0.717, 1.165) is 0 Å². The normalized spacial score (nSPS) is 45.2. The average Bonchev–Trinajstić information content (AvgIpc) is 2.83. The molecule has 0 aromatic carbocycles. The number of aromatic amines is 1. The van der Waals surface area contributed by atoms with Crippen molar-refractivity contribution >= 4 is 0 Å². The molecular weight excluding hydrogens is 268 g/mol. The van der Waals surface area contributed by atoms with Gasteiger partial charge in [-0.25, -0.2) is 4.79 Å². The maximum Gasteiger partial charge on any atom is 0.330 e. The molecule has 2 aliphatic heterocycles. The Balaban J connectivity index is 1.85. The Morgan fingerprint density at radius 2 is 2.30 bits per heavy atom. The molecule has 108 valence electrons. The molecule has 4 rings (SSSR count). The van der Waals surface area contributed by atoms with Gasteiger partial charge in [0.15, 0.2) is 6.23 Å². The second kappa shape index (κ2) is 3.40. The third-order valence-electron chi connectivity index (χ3n) is 4.78. The lowest BCUT2D eigenvalue weighted by Crippen LogP contribution is -2.47. The molecule has 2 saturated heterocycles. The van der Waals surface area contributed by atoms with Gasteiger partial charge in [0.25, 0.3) is 5.56 Å². The van der Waals surface area contributed by atoms with Crippen LogP contribution >= 0.6 is 0 Å². The topological polar surface area (TPSA) is 103 Å². The maximum atomic E-state index is 11.9. The minimum atomic E-state index is -0.877. The first-order valence-electron chi connectivity index (χ1n) is 6.36. The summed E-state index contributed by atoms with van der Waals surface area (Å²) < 4.78 is 18.5. The molecule has 1 aromatic rings. The number of hydrogen-bond donors (Lipinski definition) is 2. The Bertz CT molecular complexity index is 698. The molecule has 2 N–H and O–H groups in total. The summed E-state index contributed by atoms with van der Waals surface area (Å²) in [5, 5.41) is 9.60. The van der Waals surface area contributed by atoms with Crippen LogP contribution in [-0.2, 0) is 14.2 Å². The molecule has 4 atom stereocenters. The highest BCUT2D eigenvalue weighted by Crippen LogP contribution is 2.72. The summed E-state index contributed by atoms with van der Waals surface area (Å²) in [5.74, 6) is 0. The Hall–Kier alpha value is -1.48. The van der Waals surface area contributed by atoms with Crippen molar-refractivity contribution in [2.24, 2.45) is 0 Å². The molecular formula is C12H14N2O6. The largest absolute Gasteiger partial charge is 0.393 e. The molecule has 20 heavy (non-hydrogen) atoms. The standard InChI is InChI=1S/C12H14N2O6/c1-10-8(14-3-2-7(16)13-9(14)17)20-11(5-15)4-12(10,11)19-6-18-10/h2-3,8,15H,4-6H2,1H3,(H,13,16,17)/t8-,10+,11-,12+/m1/s1. The van der Waals surface area contributed by atoms with Gasteiger partial charge in [-0.15, -0.1) is 0 Å². The number of H-pyrrole nitrogens is 1. The molecule has 3 fully saturated rings. The number of ether oxygens (including phenoxy) is 3. The van der Waals surface area contributed by atoms with Gasteiger partial charge in [0, 0.05) is 18.7 Å². The van der Waals surface area contributed by atoms with Gasteiger partial charge in [-0.2, -0.15) is 0 Å². The van der Waals surface area contributed by atoms with Crippen molar-refractivity contribution < 1.29 is 19.3 Å². The minimum absolute atomic E-state index is 0.0935. The Morgan fingerprint density at radius 3 is 3.00 bits per heavy atom. The molecule has 1 aliphatic carbocycles. The highest BCUT2D eigenvalue weighted by atomic mass is 16.8. The van der Waals surface area contributed by atoms with Crippen LogP contribution in [0.25, 0.3) is 0 Å². The summed E-state index contributed by atoms with van der Waals surface area (Å²) in [6, 6.07) is 1.24. The van der Waals surface area contributed by atoms with E-state index >= 15 is 0 Å². The minimum Gasteiger partial charge on any atom is -0.393 e. The molecule has 0 amide bonds. The van der Waals surface area contributed by atoms with Crippen LogP contribution in [0.3, 0.4) is 0 Å². The third-order valence-corrected chi connectivity index (χ3v) is 4.78. The number of nitrogens with one attached hydrogen (secondary N) is 1. The summed E-state index contributed by atoms with van der Waals surface area (Å²) in [6.07, 6.45) is 1.14. The van der Waals surface area contributed by atoms with E-state index in [1.807, 2.05) is 0 Å². The lowest BCUT2D eigenvalue weighted by molar-refractivity contribution is -0.151. The average molecular weight is 282 g/mol. The van der Waals surface area contributed by atoms with E-state index in [1.54, 1.807) is 6.92 Å². The number of aliphatic hydroxyl groups excluding tert-OH is 1. The van der Waals surface area contributed by atoms with Crippen molar-refractivity contribution in [3.05, 3.63) is 33.1 Å². The van der Waals surface area contributed by atoms with Gasteiger partial charge < -0.3 is 19.3 Å². The van der Waals surface area contributed by atoms with Crippen LogP contribution in [-0.4, -0.2) is 44.9 Å². The fourth-order valence-electron chi connectivity index (χ4n) is 3.57. The van der Waals surface area contributed by atoms with Gasteiger partial charge in [-0.3, -0.25) is 14.3 Å². The van der Waals surface area contributed by atoms with Gasteiger partial charge in [0.05, 0.1) is 6.61 Å². The summed E-state index contributed by atoms with van der Waals surface area (Å²) in [4.78, 5) is 25.3. The molecule has 1 aromatic heterocycles. The van der Waals surface area contributed by atoms with Crippen molar-refractivity contribution in [3.63, 3.8) is 0 Å². The lowest BCUT2D eigenvalue weighted by atomic mass is 9.94. The first-order valence-corrected chi connectivity index (χ1v) is 6.36. The first-order chi connectivity index (χ1) is 9.48. The number of aromatic nitrogens is 2. The van der Waals surface area contributed by atoms with E-state index in [0.29, 0.717) is 6.42 Å². The fourth-order valence-corrected chi connectivity index (χ4v) is 3.57. The molecule has 3 aliphatic rings. The number of nitrogens with zero attached hydrogens (tertiary/aromatic N) is 1. The summed E-state index contributed by atoms with van der Waals surface area (Å²) >= 11 is 0. The molecule has 1 saturated carbocycles. The van der Waals surface area contributed by atoms with E-state index in [2.05, 4.69) is 4.98 Å². The van der Waals surface area contributed by atoms with Gasteiger partial charge >= 0.3 is 5.69 Å². The van der Waals surface area contributed by atoms with E-state index in [9.17, 15) is 14.7 Å². The van der Waals surface area contributed by atoms with Crippen molar-refractivity contribution in [3.8, 4) is 0 Å². The van der Waals surface area contributed by atoms with Crippen LogP contribution in [0.1, 0.15) is 19.6 Å². The van der Waals surface area contributed by atoms with E-state index in [-0.39, 0.29) is 13.4 Å². The monoisotopic (exact) mass is 282 g/mol. The lowest BCUT2D eigenvalue weighted by Gasteiger charge is -2.31. The van der Waals surface area contributed by atoms with E-state index in [4.69, 9.17) is 14.2 Å². The predicted molar refractivity (Wildman–Crippen MR) is 64.1 cm³/mol. The van der Waals surface area contributed by atoms with Crippen LogP contribution in [0.15, 0.2) is 21.9 Å². The summed E-state index contributed by atoms with van der Waals surface area (Å²) in [7, 11) is 0. The van der Waals surface area contributed by atoms with E-state index < -0.39 is 34.3 Å². The van der Waals surface area contributed by atoms with Crippen molar-refractivity contribution in [1.29, 1.82) is 0 Å². The quantitative estimate of drug-likeness (QED) is 0.699. The highest BCUT2D eigenvalue weighted by molar-refractivity contribution is 5.35. The number of aliphatic hydroxyl groups is 1. The number of rotatable bonds is 2. The van der Waals surface area contributed by atoms with Gasteiger partial charge in [-0.1, -0.05) is 0 Å². The zero-order valence-electron chi connectivity index (χ0n) is 10.8. The Labute approximate surface area is 112 Å². The molecule has 0 radical (unpaired) electrons. The second-order valence-corrected chi connectivity index (χ2v) is 5.66. The molecule has 8 heteroatoms. The van der Waals surface area contributed by atoms with Crippen molar-refractivity contribution in [2.75, 3.05) is 13.4 Å². The Kier molecular flexibility index (Phi) is 2.08. The van der Waals surface area contributed by atoms with Crippen LogP contribution in [0.4, 0.5) is 0 Å². The first kappa shape index (κ1) is 12.3. The maximum absolute atomic E-state index is 11.9. The van der Waals surface area contributed by atoms with E-state index in [1.165, 1.54) is 16.8 Å². The van der Waals surface area contributed by atoms with Gasteiger partial charge in [0.2, 0.25) is 0 Å². The predicted octanol–water partition coefficient (Wildman–Crippen LogP) is -1.30. The SMILES string of the molecule is C[C@@]12OCO[C@@]13C[C@]3(CO)O[C@H]2n1ccc(=O)[nH]c1=O. The smallest absolute Gasteiger partial charge is 0.330 e. The van der Waals surface area contributed by atoms with Crippen LogP contribution in [0.2, 0.25) is 0 Å². The molecule has 3 heterocycles. The zero-order chi connectivity index (χ0) is 14.2. The van der Waals surface area contributed by atoms with Crippen molar-refractivity contribution in [2.45, 2.75) is 36.4 Å².